The van der Waals surface area contributed by atoms with Gasteiger partial charge in [0.05, 0.1) is 22.5 Å². The van der Waals surface area contributed by atoms with Gasteiger partial charge in [-0.05, 0) is 87.5 Å². The van der Waals surface area contributed by atoms with E-state index >= 15 is 0 Å². The first kappa shape index (κ1) is 36.7. The molecule has 1 aliphatic heterocycles. The van der Waals surface area contributed by atoms with E-state index in [1.54, 1.807) is 41.0 Å². The Hall–Kier alpha value is -4.54. The van der Waals surface area contributed by atoms with E-state index in [2.05, 4.69) is 55.6 Å². The van der Waals surface area contributed by atoms with Gasteiger partial charge in [-0.3, -0.25) is 14.5 Å². The van der Waals surface area contributed by atoms with Gasteiger partial charge in [0.15, 0.2) is 8.32 Å². The van der Waals surface area contributed by atoms with Gasteiger partial charge in [0.25, 0.3) is 11.5 Å². The molecule has 266 valence electrons. The minimum Gasteiger partial charge on any atom is -0.443 e. The van der Waals surface area contributed by atoms with Gasteiger partial charge >= 0.3 is 6.09 Å². The topological polar surface area (TPSA) is 151 Å². The predicted molar refractivity (Wildman–Crippen MR) is 196 cm³/mol. The molecular weight excluding hydrogens is 651 g/mol. The number of anilines is 3. The fourth-order valence-electron chi connectivity index (χ4n) is 5.69. The number of carbonyl (C=O) groups excluding carboxylic acids is 2. The lowest BCUT2D eigenvalue weighted by atomic mass is 9.83. The molecule has 3 aromatic rings. The third kappa shape index (κ3) is 7.76. The molecule has 0 radical (unpaired) electrons. The van der Waals surface area contributed by atoms with Gasteiger partial charge in [-0.1, -0.05) is 27.7 Å². The number of nitrogens with zero attached hydrogens (tertiary/aromatic N) is 5. The minimum absolute atomic E-state index is 0.0271. The maximum Gasteiger partial charge on any atom is 0.414 e. The average molecular weight is 700 g/mol. The summed E-state index contributed by atoms with van der Waals surface area (Å²) in [5.41, 5.74) is 1.59. The lowest BCUT2D eigenvalue weighted by Gasteiger charge is -2.39. The van der Waals surface area contributed by atoms with Gasteiger partial charge < -0.3 is 24.4 Å². The van der Waals surface area contributed by atoms with Crippen LogP contribution in [-0.4, -0.2) is 60.7 Å². The molecule has 1 aromatic carbocycles. The van der Waals surface area contributed by atoms with E-state index in [1.165, 1.54) is 6.07 Å². The molecule has 1 atom stereocenters. The summed E-state index contributed by atoms with van der Waals surface area (Å²) in [5, 5.41) is 16.1. The van der Waals surface area contributed by atoms with Crippen LogP contribution in [0, 0.1) is 17.2 Å². The summed E-state index contributed by atoms with van der Waals surface area (Å²) in [7, 11) is -0.638. The number of rotatable bonds is 9. The van der Waals surface area contributed by atoms with Crippen LogP contribution in [0.4, 0.5) is 22.1 Å². The molecular formula is C37H49N7O5Si. The van der Waals surface area contributed by atoms with Crippen LogP contribution >= 0.6 is 0 Å². The SMILES string of the molecule is CNC(=O)c1cc(Nc2nccc(-c3cc(C#N)c4c(c3)[C@@](C)(CO[Si](C)(C)C(C)(C)C)CN4C(=O)OC(C)(C)C)n2)c(=O)n(CC2CC2)c1. The number of fused-ring (bicyclic) bond motifs is 1. The third-order valence-electron chi connectivity index (χ3n) is 9.75. The normalized spacial score (nSPS) is 17.6. The van der Waals surface area contributed by atoms with Crippen LogP contribution in [-0.2, 0) is 21.1 Å². The zero-order valence-electron chi connectivity index (χ0n) is 30.9. The standard InChI is InChI=1S/C37H49N7O5Si/c1-35(2,3)49-34(47)44-21-37(7,22-48-50(9,10)36(4,5)6)27-16-24(15-25(18-38)30(27)44)28-13-14-40-33(41-28)42-29-17-26(31(45)39-8)20-43(32(29)46)19-23-11-12-23/h13-17,20,23H,11-12,19,21-22H2,1-10H3,(H,39,45)(H,40,41,42)/t37-/m1/s1. The molecule has 2 aliphatic rings. The Labute approximate surface area is 295 Å². The maximum absolute atomic E-state index is 13.6. The molecule has 2 N–H and O–H groups in total. The van der Waals surface area contributed by atoms with E-state index in [0.717, 1.165) is 18.4 Å². The van der Waals surface area contributed by atoms with Gasteiger partial charge in [0.2, 0.25) is 5.95 Å². The van der Waals surface area contributed by atoms with Gasteiger partial charge in [-0.25, -0.2) is 14.8 Å². The van der Waals surface area contributed by atoms with Crippen molar-refractivity contribution in [1.82, 2.24) is 19.9 Å². The zero-order valence-corrected chi connectivity index (χ0v) is 31.9. The Morgan fingerprint density at radius 3 is 2.44 bits per heavy atom. The van der Waals surface area contributed by atoms with Crippen molar-refractivity contribution in [2.75, 3.05) is 30.4 Å². The molecule has 0 unspecified atom stereocenters. The highest BCUT2D eigenvalue weighted by Crippen LogP contribution is 2.47. The lowest BCUT2D eigenvalue weighted by molar-refractivity contribution is 0.0575. The molecule has 1 saturated carbocycles. The van der Waals surface area contributed by atoms with Crippen LogP contribution in [0.1, 0.15) is 82.8 Å². The lowest BCUT2D eigenvalue weighted by Crippen LogP contribution is -2.46. The smallest absolute Gasteiger partial charge is 0.414 e. The number of hydrogen-bond acceptors (Lipinski definition) is 9. The van der Waals surface area contributed by atoms with Crippen molar-refractivity contribution in [3.05, 3.63) is 63.7 Å². The van der Waals surface area contributed by atoms with E-state index in [1.807, 2.05) is 33.8 Å². The van der Waals surface area contributed by atoms with Crippen molar-refractivity contribution in [2.24, 2.45) is 5.92 Å². The van der Waals surface area contributed by atoms with Crippen LogP contribution in [0.25, 0.3) is 11.3 Å². The number of hydrogen-bond donors (Lipinski definition) is 2. The van der Waals surface area contributed by atoms with Crippen LogP contribution in [0.2, 0.25) is 18.1 Å². The first-order valence-corrected chi connectivity index (χ1v) is 20.0. The van der Waals surface area contributed by atoms with Crippen LogP contribution < -0.4 is 21.1 Å². The monoisotopic (exact) mass is 699 g/mol. The van der Waals surface area contributed by atoms with Crippen molar-refractivity contribution in [1.29, 1.82) is 5.26 Å². The number of carbonyl (C=O) groups is 2. The van der Waals surface area contributed by atoms with E-state index in [9.17, 15) is 19.6 Å². The Balaban J connectivity index is 1.56. The molecule has 2 aromatic heterocycles. The van der Waals surface area contributed by atoms with E-state index in [-0.39, 0.29) is 34.7 Å². The number of benzene rings is 1. The summed E-state index contributed by atoms with van der Waals surface area (Å²) >= 11 is 0. The molecule has 2 amide bonds. The quantitative estimate of drug-likeness (QED) is 0.232. The molecule has 13 heteroatoms. The number of amides is 2. The molecule has 50 heavy (non-hydrogen) atoms. The highest BCUT2D eigenvalue weighted by molar-refractivity contribution is 6.74. The van der Waals surface area contributed by atoms with Crippen LogP contribution in [0.3, 0.4) is 0 Å². The highest BCUT2D eigenvalue weighted by atomic mass is 28.4. The fourth-order valence-corrected chi connectivity index (χ4v) is 6.80. The average Bonchev–Trinajstić information content (AvgIpc) is 3.81. The van der Waals surface area contributed by atoms with E-state index in [0.29, 0.717) is 47.1 Å². The summed E-state index contributed by atoms with van der Waals surface area (Å²) in [6, 6.07) is 9.20. The minimum atomic E-state index is -2.18. The van der Waals surface area contributed by atoms with E-state index in [4.69, 9.17) is 14.1 Å². The molecule has 12 nitrogen and oxygen atoms in total. The Bertz CT molecular complexity index is 1920. The molecule has 0 saturated heterocycles. The largest absolute Gasteiger partial charge is 0.443 e. The van der Waals surface area contributed by atoms with Gasteiger partial charge in [-0.15, -0.1) is 0 Å². The van der Waals surface area contributed by atoms with E-state index < -0.39 is 25.4 Å². The molecule has 1 aliphatic carbocycles. The molecule has 1 fully saturated rings. The van der Waals surface area contributed by atoms with Crippen LogP contribution in [0.5, 0.6) is 0 Å². The summed E-state index contributed by atoms with van der Waals surface area (Å²) < 4.78 is 14.1. The number of aromatic nitrogens is 3. The summed E-state index contributed by atoms with van der Waals surface area (Å²) in [5.74, 6) is 0.263. The fraction of sp³-hybridized carbons (Fsp3) is 0.514. The first-order chi connectivity index (χ1) is 23.2. The number of nitriles is 1. The zero-order chi connectivity index (χ0) is 36.8. The predicted octanol–water partition coefficient (Wildman–Crippen LogP) is 6.72. The second-order valence-corrected chi connectivity index (χ2v) is 21.0. The van der Waals surface area contributed by atoms with Crippen molar-refractivity contribution < 1.29 is 18.8 Å². The summed E-state index contributed by atoms with van der Waals surface area (Å²) in [6.07, 6.45) is 4.73. The van der Waals surface area contributed by atoms with Gasteiger partial charge in [0.1, 0.15) is 17.4 Å². The number of ether oxygens (including phenoxy) is 1. The van der Waals surface area contributed by atoms with Crippen molar-refractivity contribution in [3.63, 3.8) is 0 Å². The van der Waals surface area contributed by atoms with Crippen LogP contribution in [0.15, 0.2) is 41.5 Å². The van der Waals surface area contributed by atoms with Crippen molar-refractivity contribution in [2.45, 2.75) is 97.0 Å². The Morgan fingerprint density at radius 2 is 1.84 bits per heavy atom. The summed E-state index contributed by atoms with van der Waals surface area (Å²) in [4.78, 5) is 50.2. The third-order valence-corrected chi connectivity index (χ3v) is 14.2. The molecule has 0 spiro atoms. The molecule has 3 heterocycles. The second kappa shape index (κ2) is 13.3. The summed E-state index contributed by atoms with van der Waals surface area (Å²) in [6.45, 7) is 19.6. The Kier molecular flexibility index (Phi) is 9.77. The highest BCUT2D eigenvalue weighted by Gasteiger charge is 2.47. The first-order valence-electron chi connectivity index (χ1n) is 17.1. The number of nitrogens with one attached hydrogen (secondary N) is 2. The second-order valence-electron chi connectivity index (χ2n) is 16.2. The van der Waals surface area contributed by atoms with Gasteiger partial charge in [-0.2, -0.15) is 5.26 Å². The van der Waals surface area contributed by atoms with Crippen molar-refractivity contribution >= 4 is 37.6 Å². The molecule has 0 bridgehead atoms. The Morgan fingerprint density at radius 1 is 1.14 bits per heavy atom. The maximum atomic E-state index is 13.6. The molecule has 5 rings (SSSR count). The van der Waals surface area contributed by atoms with Crippen molar-refractivity contribution in [3.8, 4) is 17.3 Å². The number of pyridine rings is 1. The van der Waals surface area contributed by atoms with Gasteiger partial charge in [0, 0.05) is 50.1 Å².